The third kappa shape index (κ3) is 15.2. The highest BCUT2D eigenvalue weighted by Crippen LogP contribution is 2.15. The normalized spacial score (nSPS) is 11.2. The first kappa shape index (κ1) is 28.7. The molecule has 0 fully saturated rings. The van der Waals surface area contributed by atoms with E-state index in [2.05, 4.69) is 16.9 Å². The van der Waals surface area contributed by atoms with Crippen LogP contribution in [0.1, 0.15) is 121 Å². The third-order valence-corrected chi connectivity index (χ3v) is 6.33. The highest BCUT2D eigenvalue weighted by molar-refractivity contribution is 5.80. The Balaban J connectivity index is 1.42. The van der Waals surface area contributed by atoms with Crippen LogP contribution in [0.15, 0.2) is 53.8 Å². The van der Waals surface area contributed by atoms with Gasteiger partial charge in [0.2, 0.25) is 0 Å². The lowest BCUT2D eigenvalue weighted by Gasteiger charge is -2.05. The molecule has 0 aliphatic heterocycles. The quantitative estimate of drug-likeness (QED) is 0.0826. The molecule has 0 saturated heterocycles. The minimum atomic E-state index is -0.141. The minimum absolute atomic E-state index is 0.141. The summed E-state index contributed by atoms with van der Waals surface area (Å²) in [6.07, 6.45) is 25.8. The van der Waals surface area contributed by atoms with Gasteiger partial charge in [0.25, 0.3) is 0 Å². The van der Waals surface area contributed by atoms with Crippen LogP contribution in [0.25, 0.3) is 0 Å². The van der Waals surface area contributed by atoms with Gasteiger partial charge in [-0.25, -0.2) is 0 Å². The second-order valence-electron chi connectivity index (χ2n) is 9.57. The van der Waals surface area contributed by atoms with Crippen LogP contribution in [0.2, 0.25) is 0 Å². The Kier molecular flexibility index (Phi) is 16.2. The lowest BCUT2D eigenvalue weighted by Crippen LogP contribution is -2.07. The molecule has 2 rings (SSSR count). The molecule has 0 N–H and O–H groups in total. The molecule has 0 unspecified atom stereocenters. The summed E-state index contributed by atoms with van der Waals surface area (Å²) < 4.78 is 5.47. The van der Waals surface area contributed by atoms with Crippen LogP contribution in [0, 0.1) is 0 Å². The SMILES string of the molecule is CCCCCCCCCCCCCCCCCC(=O)Oc1ccc(C=NCc2cccnc2)cc1. The van der Waals surface area contributed by atoms with Crippen LogP contribution < -0.4 is 4.74 Å². The van der Waals surface area contributed by atoms with Gasteiger partial charge in [0.15, 0.2) is 0 Å². The van der Waals surface area contributed by atoms with Gasteiger partial charge >= 0.3 is 5.97 Å². The van der Waals surface area contributed by atoms with Crippen molar-refractivity contribution >= 4 is 12.2 Å². The Morgan fingerprint density at radius 2 is 1.37 bits per heavy atom. The number of hydrogen-bond donors (Lipinski definition) is 0. The summed E-state index contributed by atoms with van der Waals surface area (Å²) >= 11 is 0. The number of esters is 1. The zero-order valence-electron chi connectivity index (χ0n) is 21.9. The van der Waals surface area contributed by atoms with E-state index in [1.54, 1.807) is 6.20 Å². The topological polar surface area (TPSA) is 51.5 Å². The highest BCUT2D eigenvalue weighted by atomic mass is 16.5. The minimum Gasteiger partial charge on any atom is -0.427 e. The summed E-state index contributed by atoms with van der Waals surface area (Å²) in [6.45, 7) is 2.88. The first-order valence-corrected chi connectivity index (χ1v) is 14.0. The van der Waals surface area contributed by atoms with Crippen molar-refractivity contribution in [1.82, 2.24) is 4.98 Å². The second kappa shape index (κ2) is 19.8. The van der Waals surface area contributed by atoms with Gasteiger partial charge in [0.05, 0.1) is 6.54 Å². The summed E-state index contributed by atoms with van der Waals surface area (Å²) in [7, 11) is 0. The van der Waals surface area contributed by atoms with Gasteiger partial charge in [-0.1, -0.05) is 103 Å². The molecule has 0 aliphatic carbocycles. The van der Waals surface area contributed by atoms with Crippen molar-refractivity contribution in [2.24, 2.45) is 4.99 Å². The average Bonchev–Trinajstić information content (AvgIpc) is 2.88. The van der Waals surface area contributed by atoms with Gasteiger partial charge in [-0.05, 0) is 47.9 Å². The van der Waals surface area contributed by atoms with Crippen LogP contribution in [0.4, 0.5) is 0 Å². The number of benzene rings is 1. The molecule has 192 valence electrons. The van der Waals surface area contributed by atoms with E-state index in [-0.39, 0.29) is 5.97 Å². The standard InChI is InChI=1S/C31H46N2O2/c1-2-3-4-5-6-7-8-9-10-11-12-13-14-15-16-19-31(34)35-30-22-20-28(21-23-30)25-33-27-29-18-17-24-32-26-29/h17-18,20-26H,2-16,19,27H2,1H3. The molecule has 35 heavy (non-hydrogen) atoms. The van der Waals surface area contributed by atoms with Crippen molar-refractivity contribution < 1.29 is 9.53 Å². The maximum absolute atomic E-state index is 12.1. The molecule has 1 aromatic heterocycles. The number of carbonyl (C=O) groups is 1. The number of unbranched alkanes of at least 4 members (excludes halogenated alkanes) is 14. The first-order valence-electron chi connectivity index (χ1n) is 14.0. The fourth-order valence-electron chi connectivity index (χ4n) is 4.19. The molecule has 1 heterocycles. The Hall–Kier alpha value is -2.49. The summed E-state index contributed by atoms with van der Waals surface area (Å²) in [4.78, 5) is 20.6. The number of hydrogen-bond acceptors (Lipinski definition) is 4. The molecule has 0 radical (unpaired) electrons. The molecule has 4 nitrogen and oxygen atoms in total. The number of pyridine rings is 1. The van der Waals surface area contributed by atoms with Crippen LogP contribution in [-0.2, 0) is 11.3 Å². The van der Waals surface area contributed by atoms with Gasteiger partial charge < -0.3 is 4.74 Å². The van der Waals surface area contributed by atoms with E-state index in [1.165, 1.54) is 83.5 Å². The van der Waals surface area contributed by atoms with Crippen LogP contribution in [0.5, 0.6) is 5.75 Å². The van der Waals surface area contributed by atoms with E-state index in [4.69, 9.17) is 4.74 Å². The predicted molar refractivity (Wildman–Crippen MR) is 147 cm³/mol. The van der Waals surface area contributed by atoms with Gasteiger partial charge in [0.1, 0.15) is 5.75 Å². The number of rotatable bonds is 20. The van der Waals surface area contributed by atoms with Gasteiger partial charge in [-0.2, -0.15) is 0 Å². The summed E-state index contributed by atoms with van der Waals surface area (Å²) in [5.41, 5.74) is 2.06. The Morgan fingerprint density at radius 1 is 0.800 bits per heavy atom. The Morgan fingerprint density at radius 3 is 1.91 bits per heavy atom. The first-order chi connectivity index (χ1) is 17.3. The summed E-state index contributed by atoms with van der Waals surface area (Å²) in [5, 5.41) is 0. The van der Waals surface area contributed by atoms with E-state index in [0.29, 0.717) is 18.7 Å². The Labute approximate surface area is 213 Å². The lowest BCUT2D eigenvalue weighted by molar-refractivity contribution is -0.134. The van der Waals surface area contributed by atoms with Gasteiger partial charge in [-0.15, -0.1) is 0 Å². The third-order valence-electron chi connectivity index (χ3n) is 6.33. The summed E-state index contributed by atoms with van der Waals surface area (Å²) in [5.74, 6) is 0.457. The van der Waals surface area contributed by atoms with Crippen LogP contribution >= 0.6 is 0 Å². The smallest absolute Gasteiger partial charge is 0.311 e. The molecule has 0 aliphatic rings. The molecular formula is C31H46N2O2. The van der Waals surface area contributed by atoms with E-state index in [0.717, 1.165) is 24.0 Å². The maximum atomic E-state index is 12.1. The largest absolute Gasteiger partial charge is 0.427 e. The number of nitrogens with zero attached hydrogens (tertiary/aromatic N) is 2. The molecule has 2 aromatic rings. The zero-order chi connectivity index (χ0) is 24.8. The second-order valence-corrected chi connectivity index (χ2v) is 9.57. The van der Waals surface area contributed by atoms with Gasteiger partial charge in [-0.3, -0.25) is 14.8 Å². The van der Waals surface area contributed by atoms with Crippen molar-refractivity contribution in [1.29, 1.82) is 0 Å². The number of ether oxygens (including phenoxy) is 1. The average molecular weight is 479 g/mol. The number of aromatic nitrogens is 1. The highest BCUT2D eigenvalue weighted by Gasteiger charge is 2.05. The molecule has 0 atom stereocenters. The van der Waals surface area contributed by atoms with E-state index < -0.39 is 0 Å². The predicted octanol–water partition coefficient (Wildman–Crippen LogP) is 8.87. The molecule has 0 bridgehead atoms. The molecular weight excluding hydrogens is 432 g/mol. The maximum Gasteiger partial charge on any atom is 0.311 e. The van der Waals surface area contributed by atoms with E-state index in [1.807, 2.05) is 48.8 Å². The fraction of sp³-hybridized carbons (Fsp3) is 0.581. The van der Waals surface area contributed by atoms with Crippen molar-refractivity contribution in [3.8, 4) is 5.75 Å². The van der Waals surface area contributed by atoms with Gasteiger partial charge in [0, 0.05) is 25.0 Å². The van der Waals surface area contributed by atoms with Crippen molar-refractivity contribution in [3.63, 3.8) is 0 Å². The monoisotopic (exact) mass is 478 g/mol. The molecule has 1 aromatic carbocycles. The Bertz CT molecular complexity index is 802. The molecule has 0 saturated carbocycles. The molecule has 0 spiro atoms. The van der Waals surface area contributed by atoms with Crippen molar-refractivity contribution in [3.05, 3.63) is 59.9 Å². The summed E-state index contributed by atoms with van der Waals surface area (Å²) in [6, 6.07) is 11.4. The van der Waals surface area contributed by atoms with E-state index >= 15 is 0 Å². The van der Waals surface area contributed by atoms with Crippen LogP contribution in [0.3, 0.4) is 0 Å². The van der Waals surface area contributed by atoms with Crippen molar-refractivity contribution in [2.45, 2.75) is 116 Å². The van der Waals surface area contributed by atoms with Crippen LogP contribution in [-0.4, -0.2) is 17.2 Å². The lowest BCUT2D eigenvalue weighted by atomic mass is 10.0. The molecule has 0 amide bonds. The molecule has 4 heteroatoms. The fourth-order valence-corrected chi connectivity index (χ4v) is 4.19. The van der Waals surface area contributed by atoms with E-state index in [9.17, 15) is 4.79 Å². The van der Waals surface area contributed by atoms with Crippen molar-refractivity contribution in [2.75, 3.05) is 0 Å². The number of aliphatic imine (C=N–C) groups is 1. The zero-order valence-corrected chi connectivity index (χ0v) is 21.9. The number of carbonyl (C=O) groups excluding carboxylic acids is 1.